The van der Waals surface area contributed by atoms with Crippen LogP contribution in [0.5, 0.6) is 5.75 Å². The van der Waals surface area contributed by atoms with Gasteiger partial charge in [-0.05, 0) is 31.2 Å². The number of hydrogen-bond donors (Lipinski definition) is 2. The van der Waals surface area contributed by atoms with Crippen LogP contribution >= 0.6 is 23.5 Å². The molecule has 24 heavy (non-hydrogen) atoms. The highest BCUT2D eigenvalue weighted by Crippen LogP contribution is 2.38. The van der Waals surface area contributed by atoms with Gasteiger partial charge in [-0.15, -0.1) is 23.5 Å². The molecular weight excluding hydrogens is 350 g/mol. The normalized spacial score (nSPS) is 14.7. The summed E-state index contributed by atoms with van der Waals surface area (Å²) in [6, 6.07) is 6.74. The fourth-order valence-corrected chi connectivity index (χ4v) is 3.94. The third kappa shape index (κ3) is 4.13. The van der Waals surface area contributed by atoms with Crippen LogP contribution in [0, 0.1) is 0 Å². The second-order valence-corrected chi connectivity index (χ2v) is 6.89. The highest BCUT2D eigenvalue weighted by atomic mass is 32.2. The van der Waals surface area contributed by atoms with Crippen LogP contribution in [-0.2, 0) is 9.59 Å². The molecule has 0 aromatic heterocycles. The van der Waals surface area contributed by atoms with E-state index in [1.165, 1.54) is 0 Å². The van der Waals surface area contributed by atoms with E-state index in [4.69, 9.17) is 14.9 Å². The summed E-state index contributed by atoms with van der Waals surface area (Å²) in [5.41, 5.74) is 0.468. The van der Waals surface area contributed by atoms with E-state index in [0.717, 1.165) is 28.4 Å². The number of carbonyl (C=O) groups is 2. The molecule has 0 unspecified atom stereocenters. The first-order valence-corrected chi connectivity index (χ1v) is 9.44. The van der Waals surface area contributed by atoms with Gasteiger partial charge in [0.15, 0.2) is 0 Å². The Morgan fingerprint density at radius 3 is 1.88 bits per heavy atom. The largest absolute Gasteiger partial charge is 0.494 e. The average Bonchev–Trinajstić information content (AvgIpc) is 2.82. The fourth-order valence-electron chi connectivity index (χ4n) is 2.13. The molecule has 0 fully saturated rings. The van der Waals surface area contributed by atoms with Crippen LogP contribution in [0.15, 0.2) is 34.1 Å². The number of nitrogens with zero attached hydrogens (tertiary/aromatic N) is 1. The lowest BCUT2D eigenvalue weighted by Gasteiger charge is -2.15. The van der Waals surface area contributed by atoms with Crippen molar-refractivity contribution >= 4 is 41.0 Å². The van der Waals surface area contributed by atoms with Crippen molar-refractivity contribution in [1.82, 2.24) is 0 Å². The molecule has 1 aromatic carbocycles. The number of thioether (sulfide) groups is 2. The van der Waals surface area contributed by atoms with E-state index in [1.807, 2.05) is 6.92 Å². The van der Waals surface area contributed by atoms with Gasteiger partial charge >= 0.3 is 0 Å². The van der Waals surface area contributed by atoms with Crippen molar-refractivity contribution < 1.29 is 24.5 Å². The molecular formula is C16H19NO5S2. The summed E-state index contributed by atoms with van der Waals surface area (Å²) < 4.78 is 5.36. The highest BCUT2D eigenvalue weighted by molar-refractivity contribution is 8.08. The van der Waals surface area contributed by atoms with Crippen LogP contribution in [0.25, 0.3) is 0 Å². The molecule has 2 amide bonds. The number of benzene rings is 1. The number of ether oxygens (including phenoxy) is 1. The van der Waals surface area contributed by atoms with Crippen LogP contribution in [0.2, 0.25) is 0 Å². The molecule has 0 spiro atoms. The Bertz CT molecular complexity index is 600. The molecule has 8 heteroatoms. The summed E-state index contributed by atoms with van der Waals surface area (Å²) in [6.07, 6.45) is 0. The van der Waals surface area contributed by atoms with Crippen LogP contribution < -0.4 is 9.64 Å². The van der Waals surface area contributed by atoms with Crippen molar-refractivity contribution in [2.24, 2.45) is 0 Å². The van der Waals surface area contributed by atoms with Crippen LogP contribution in [-0.4, -0.2) is 53.4 Å². The van der Waals surface area contributed by atoms with Gasteiger partial charge in [0.2, 0.25) is 0 Å². The maximum atomic E-state index is 12.6. The van der Waals surface area contributed by atoms with Gasteiger partial charge in [-0.3, -0.25) is 9.59 Å². The molecule has 0 saturated heterocycles. The van der Waals surface area contributed by atoms with E-state index in [1.54, 1.807) is 24.3 Å². The van der Waals surface area contributed by atoms with Gasteiger partial charge < -0.3 is 14.9 Å². The van der Waals surface area contributed by atoms with Crippen molar-refractivity contribution in [1.29, 1.82) is 0 Å². The van der Waals surface area contributed by atoms with Crippen molar-refractivity contribution in [3.8, 4) is 5.75 Å². The summed E-state index contributed by atoms with van der Waals surface area (Å²) in [7, 11) is 0. The Kier molecular flexibility index (Phi) is 7.16. The third-order valence-electron chi connectivity index (χ3n) is 3.08. The van der Waals surface area contributed by atoms with E-state index in [2.05, 4.69) is 0 Å². The quantitative estimate of drug-likeness (QED) is 0.640. The van der Waals surface area contributed by atoms with Crippen molar-refractivity contribution in [2.45, 2.75) is 6.92 Å². The number of carbonyl (C=O) groups excluding carboxylic acids is 2. The average molecular weight is 369 g/mol. The molecule has 0 atom stereocenters. The minimum Gasteiger partial charge on any atom is -0.494 e. The monoisotopic (exact) mass is 369 g/mol. The molecule has 0 bridgehead atoms. The lowest BCUT2D eigenvalue weighted by atomic mass is 10.3. The van der Waals surface area contributed by atoms with Crippen LogP contribution in [0.4, 0.5) is 5.69 Å². The van der Waals surface area contributed by atoms with E-state index >= 15 is 0 Å². The van der Waals surface area contributed by atoms with Gasteiger partial charge in [-0.1, -0.05) is 0 Å². The fraction of sp³-hybridized carbons (Fsp3) is 0.375. The summed E-state index contributed by atoms with van der Waals surface area (Å²) in [6.45, 7) is 2.24. The van der Waals surface area contributed by atoms with Crippen molar-refractivity contribution in [3.63, 3.8) is 0 Å². The molecule has 0 radical (unpaired) electrons. The zero-order valence-corrected chi connectivity index (χ0v) is 14.9. The van der Waals surface area contributed by atoms with E-state index in [9.17, 15) is 9.59 Å². The number of hydrogen-bond acceptors (Lipinski definition) is 7. The highest BCUT2D eigenvalue weighted by Gasteiger charge is 2.39. The zero-order valence-electron chi connectivity index (χ0n) is 13.2. The van der Waals surface area contributed by atoms with Gasteiger partial charge in [0.25, 0.3) is 11.8 Å². The molecule has 6 nitrogen and oxygen atoms in total. The number of amides is 2. The molecule has 2 rings (SSSR count). The predicted molar refractivity (Wildman–Crippen MR) is 96.2 cm³/mol. The summed E-state index contributed by atoms with van der Waals surface area (Å²) in [5, 5.41) is 18.0. The molecule has 0 aliphatic carbocycles. The second-order valence-electron chi connectivity index (χ2n) is 4.68. The van der Waals surface area contributed by atoms with Crippen molar-refractivity contribution in [2.75, 3.05) is 36.2 Å². The molecule has 1 aliphatic heterocycles. The second kappa shape index (κ2) is 9.12. The van der Waals surface area contributed by atoms with Crippen LogP contribution in [0.3, 0.4) is 0 Å². The lowest BCUT2D eigenvalue weighted by Crippen LogP contribution is -2.31. The number of aliphatic hydroxyl groups is 2. The molecule has 1 aliphatic rings. The van der Waals surface area contributed by atoms with Gasteiger partial charge in [0.1, 0.15) is 5.75 Å². The Morgan fingerprint density at radius 1 is 0.958 bits per heavy atom. The Balaban J connectivity index is 2.26. The van der Waals surface area contributed by atoms with Gasteiger partial charge in [-0.2, -0.15) is 0 Å². The Morgan fingerprint density at radius 2 is 1.46 bits per heavy atom. The first kappa shape index (κ1) is 18.9. The maximum absolute atomic E-state index is 12.6. The van der Waals surface area contributed by atoms with Gasteiger partial charge in [-0.25, -0.2) is 4.90 Å². The van der Waals surface area contributed by atoms with E-state index < -0.39 is 11.8 Å². The number of imide groups is 1. The minimum atomic E-state index is -0.400. The molecule has 130 valence electrons. The molecule has 1 heterocycles. The molecule has 2 N–H and O–H groups in total. The zero-order chi connectivity index (χ0) is 17.5. The number of anilines is 1. The van der Waals surface area contributed by atoms with Crippen molar-refractivity contribution in [3.05, 3.63) is 34.1 Å². The van der Waals surface area contributed by atoms with E-state index in [0.29, 0.717) is 39.4 Å². The summed E-state index contributed by atoms with van der Waals surface area (Å²) in [4.78, 5) is 27.0. The van der Waals surface area contributed by atoms with Gasteiger partial charge in [0, 0.05) is 11.5 Å². The SMILES string of the molecule is CCOc1ccc(N2C(=O)C(SCCO)=C(SCCO)C2=O)cc1. The lowest BCUT2D eigenvalue weighted by molar-refractivity contribution is -0.120. The smallest absolute Gasteiger partial charge is 0.273 e. The summed E-state index contributed by atoms with van der Waals surface area (Å²) >= 11 is 2.31. The Hall–Kier alpha value is -1.48. The number of aliphatic hydroxyl groups excluding tert-OH is 2. The first-order chi connectivity index (χ1) is 11.6. The Labute approximate surface area is 148 Å². The van der Waals surface area contributed by atoms with Gasteiger partial charge in [0.05, 0.1) is 35.3 Å². The molecule has 0 saturated carbocycles. The minimum absolute atomic E-state index is 0.0867. The standard InChI is InChI=1S/C16H19NO5S2/c1-2-22-12-5-3-11(4-6-12)17-15(20)13(23-9-7-18)14(16(17)21)24-10-8-19/h3-6,18-19H,2,7-10H2,1H3. The topological polar surface area (TPSA) is 87.1 Å². The van der Waals surface area contributed by atoms with Crippen LogP contribution in [0.1, 0.15) is 6.92 Å². The van der Waals surface area contributed by atoms with E-state index in [-0.39, 0.29) is 13.2 Å². The molecule has 1 aromatic rings. The predicted octanol–water partition coefficient (Wildman–Crippen LogP) is 1.62. The third-order valence-corrected chi connectivity index (χ3v) is 5.32. The maximum Gasteiger partial charge on any atom is 0.273 e. The first-order valence-electron chi connectivity index (χ1n) is 7.47. The number of rotatable bonds is 9. The summed E-state index contributed by atoms with van der Waals surface area (Å²) in [5.74, 6) is 0.521.